The summed E-state index contributed by atoms with van der Waals surface area (Å²) in [5.41, 5.74) is 0.951. The zero-order chi connectivity index (χ0) is 15.1. The van der Waals surface area contributed by atoms with E-state index < -0.39 is 12.6 Å². The zero-order valence-electron chi connectivity index (χ0n) is 11.8. The lowest BCUT2D eigenvalue weighted by Gasteiger charge is -2.22. The molecule has 0 atom stereocenters. The van der Waals surface area contributed by atoms with E-state index in [2.05, 4.69) is 15.2 Å². The number of alkyl halides is 3. The van der Waals surface area contributed by atoms with Crippen LogP contribution in [-0.2, 0) is 0 Å². The lowest BCUT2D eigenvalue weighted by atomic mass is 10.3. The van der Waals surface area contributed by atoms with Crippen LogP contribution in [0.25, 0.3) is 0 Å². The van der Waals surface area contributed by atoms with Crippen LogP contribution in [0.1, 0.15) is 19.3 Å². The number of ether oxygens (including phenoxy) is 1. The van der Waals surface area contributed by atoms with Crippen molar-refractivity contribution in [3.05, 3.63) is 18.5 Å². The van der Waals surface area contributed by atoms with E-state index in [4.69, 9.17) is 4.74 Å². The standard InChI is InChI=1S/C14H20F3N3O/c15-14(16,17)3-1-8-21-13-9-12(10-19-11-13)20-6-2-4-18-5-7-20/h9-11,18H,1-8H2. The lowest BCUT2D eigenvalue weighted by Crippen LogP contribution is -2.27. The van der Waals surface area contributed by atoms with Crippen LogP contribution >= 0.6 is 0 Å². The Hall–Kier alpha value is -1.50. The SMILES string of the molecule is FC(F)(F)CCCOc1cncc(N2CCCNCC2)c1. The third-order valence-electron chi connectivity index (χ3n) is 3.28. The molecule has 0 radical (unpaired) electrons. The second-order valence-electron chi connectivity index (χ2n) is 5.04. The Morgan fingerprint density at radius 3 is 2.90 bits per heavy atom. The van der Waals surface area contributed by atoms with Crippen molar-refractivity contribution >= 4 is 5.69 Å². The molecule has 0 aromatic carbocycles. The first kappa shape index (κ1) is 15.9. The molecule has 0 unspecified atom stereocenters. The molecule has 4 nitrogen and oxygen atoms in total. The van der Waals surface area contributed by atoms with Crippen LogP contribution in [0.15, 0.2) is 18.5 Å². The fourth-order valence-corrected chi connectivity index (χ4v) is 2.23. The van der Waals surface area contributed by atoms with Gasteiger partial charge in [0.05, 0.1) is 24.7 Å². The van der Waals surface area contributed by atoms with Gasteiger partial charge >= 0.3 is 6.18 Å². The fourth-order valence-electron chi connectivity index (χ4n) is 2.23. The summed E-state index contributed by atoms with van der Waals surface area (Å²) in [5.74, 6) is 0.520. The summed E-state index contributed by atoms with van der Waals surface area (Å²) in [5, 5.41) is 3.32. The highest BCUT2D eigenvalue weighted by molar-refractivity contribution is 5.48. The lowest BCUT2D eigenvalue weighted by molar-refractivity contribution is -0.136. The van der Waals surface area contributed by atoms with Crippen LogP contribution in [0.4, 0.5) is 18.9 Å². The summed E-state index contributed by atoms with van der Waals surface area (Å²) in [6.45, 7) is 3.78. The largest absolute Gasteiger partial charge is 0.492 e. The van der Waals surface area contributed by atoms with Gasteiger partial charge in [0, 0.05) is 32.1 Å². The number of hydrogen-bond acceptors (Lipinski definition) is 4. The van der Waals surface area contributed by atoms with Gasteiger partial charge in [-0.15, -0.1) is 0 Å². The molecule has 1 N–H and O–H groups in total. The molecule has 0 amide bonds. The van der Waals surface area contributed by atoms with E-state index in [1.165, 1.54) is 6.20 Å². The van der Waals surface area contributed by atoms with Gasteiger partial charge in [-0.25, -0.2) is 0 Å². The Bertz CT molecular complexity index is 432. The van der Waals surface area contributed by atoms with Crippen molar-refractivity contribution in [3.8, 4) is 5.75 Å². The molecule has 2 rings (SSSR count). The van der Waals surface area contributed by atoms with Crippen molar-refractivity contribution in [2.24, 2.45) is 0 Å². The maximum absolute atomic E-state index is 12.0. The van der Waals surface area contributed by atoms with Gasteiger partial charge in [0.1, 0.15) is 5.75 Å². The smallest absolute Gasteiger partial charge is 0.389 e. The number of nitrogens with one attached hydrogen (secondary N) is 1. The highest BCUT2D eigenvalue weighted by atomic mass is 19.4. The summed E-state index contributed by atoms with van der Waals surface area (Å²) < 4.78 is 41.5. The van der Waals surface area contributed by atoms with Crippen LogP contribution in [0.2, 0.25) is 0 Å². The molecule has 0 bridgehead atoms. The molecule has 1 aromatic heterocycles. The van der Waals surface area contributed by atoms with Crippen LogP contribution in [0.5, 0.6) is 5.75 Å². The first-order valence-electron chi connectivity index (χ1n) is 7.15. The van der Waals surface area contributed by atoms with E-state index >= 15 is 0 Å². The van der Waals surface area contributed by atoms with Crippen molar-refractivity contribution in [3.63, 3.8) is 0 Å². The molecule has 21 heavy (non-hydrogen) atoms. The number of anilines is 1. The Labute approximate surface area is 122 Å². The molecular formula is C14H20F3N3O. The second-order valence-corrected chi connectivity index (χ2v) is 5.04. The molecule has 118 valence electrons. The number of rotatable bonds is 5. The number of hydrogen-bond donors (Lipinski definition) is 1. The number of pyridine rings is 1. The molecule has 7 heteroatoms. The van der Waals surface area contributed by atoms with Gasteiger partial charge in [0.25, 0.3) is 0 Å². The van der Waals surface area contributed by atoms with Gasteiger partial charge < -0.3 is 15.0 Å². The van der Waals surface area contributed by atoms with Gasteiger partial charge in [0.15, 0.2) is 0 Å². The average Bonchev–Trinajstić information content (AvgIpc) is 2.72. The molecule has 0 saturated carbocycles. The van der Waals surface area contributed by atoms with Crippen LogP contribution in [0, 0.1) is 0 Å². The molecule has 1 aliphatic rings. The van der Waals surface area contributed by atoms with Gasteiger partial charge in [-0.1, -0.05) is 0 Å². The maximum Gasteiger partial charge on any atom is 0.389 e. The van der Waals surface area contributed by atoms with Crippen molar-refractivity contribution in [1.82, 2.24) is 10.3 Å². The van der Waals surface area contributed by atoms with Crippen molar-refractivity contribution in [2.75, 3.05) is 37.7 Å². The van der Waals surface area contributed by atoms with Crippen molar-refractivity contribution < 1.29 is 17.9 Å². The number of halogens is 3. The topological polar surface area (TPSA) is 37.4 Å². The molecule has 1 fully saturated rings. The summed E-state index contributed by atoms with van der Waals surface area (Å²) in [7, 11) is 0. The summed E-state index contributed by atoms with van der Waals surface area (Å²) >= 11 is 0. The molecule has 2 heterocycles. The second kappa shape index (κ2) is 7.49. The summed E-state index contributed by atoms with van der Waals surface area (Å²) in [6, 6.07) is 1.84. The fraction of sp³-hybridized carbons (Fsp3) is 0.643. The summed E-state index contributed by atoms with van der Waals surface area (Å²) in [6.07, 6.45) is -0.639. The Kier molecular flexibility index (Phi) is 5.67. The van der Waals surface area contributed by atoms with Crippen LogP contribution < -0.4 is 15.0 Å². The highest BCUT2D eigenvalue weighted by Crippen LogP contribution is 2.23. The first-order chi connectivity index (χ1) is 10.0. The molecule has 1 saturated heterocycles. The minimum absolute atomic E-state index is 0.0403. The van der Waals surface area contributed by atoms with Crippen LogP contribution in [0.3, 0.4) is 0 Å². The van der Waals surface area contributed by atoms with Gasteiger partial charge in [-0.3, -0.25) is 4.98 Å². The minimum atomic E-state index is -4.12. The molecule has 1 aliphatic heterocycles. The van der Waals surface area contributed by atoms with E-state index in [0.717, 1.165) is 38.3 Å². The molecule has 0 spiro atoms. The quantitative estimate of drug-likeness (QED) is 0.849. The third kappa shape index (κ3) is 5.79. The third-order valence-corrected chi connectivity index (χ3v) is 3.28. The van der Waals surface area contributed by atoms with Gasteiger partial charge in [-0.05, 0) is 19.4 Å². The van der Waals surface area contributed by atoms with Crippen LogP contribution in [-0.4, -0.2) is 43.9 Å². The van der Waals surface area contributed by atoms with E-state index in [1.807, 2.05) is 6.07 Å². The first-order valence-corrected chi connectivity index (χ1v) is 7.15. The molecular weight excluding hydrogens is 283 g/mol. The highest BCUT2D eigenvalue weighted by Gasteiger charge is 2.26. The van der Waals surface area contributed by atoms with Crippen molar-refractivity contribution in [2.45, 2.75) is 25.4 Å². The number of nitrogens with zero attached hydrogens (tertiary/aromatic N) is 2. The van der Waals surface area contributed by atoms with E-state index in [0.29, 0.717) is 5.75 Å². The molecule has 1 aromatic rings. The van der Waals surface area contributed by atoms with E-state index in [9.17, 15) is 13.2 Å². The van der Waals surface area contributed by atoms with Crippen molar-refractivity contribution in [1.29, 1.82) is 0 Å². The van der Waals surface area contributed by atoms with Gasteiger partial charge in [-0.2, -0.15) is 13.2 Å². The monoisotopic (exact) mass is 303 g/mol. The predicted molar refractivity (Wildman–Crippen MR) is 74.7 cm³/mol. The maximum atomic E-state index is 12.0. The average molecular weight is 303 g/mol. The van der Waals surface area contributed by atoms with Gasteiger partial charge in [0.2, 0.25) is 0 Å². The Morgan fingerprint density at radius 2 is 2.10 bits per heavy atom. The zero-order valence-corrected chi connectivity index (χ0v) is 11.8. The summed E-state index contributed by atoms with van der Waals surface area (Å²) in [4.78, 5) is 6.31. The normalized spacial score (nSPS) is 16.6. The predicted octanol–water partition coefficient (Wildman–Crippen LogP) is 2.60. The van der Waals surface area contributed by atoms with E-state index in [1.54, 1.807) is 6.20 Å². The molecule has 0 aliphatic carbocycles. The number of aromatic nitrogens is 1. The Morgan fingerprint density at radius 1 is 1.24 bits per heavy atom. The minimum Gasteiger partial charge on any atom is -0.492 e. The van der Waals surface area contributed by atoms with E-state index in [-0.39, 0.29) is 13.0 Å². The Balaban J connectivity index is 1.85.